The number of alkyl halides is 3. The van der Waals surface area contributed by atoms with E-state index in [9.17, 15) is 22.8 Å². The Morgan fingerprint density at radius 3 is 2.29 bits per heavy atom. The predicted molar refractivity (Wildman–Crippen MR) is 80.9 cm³/mol. The van der Waals surface area contributed by atoms with E-state index in [0.29, 0.717) is 18.5 Å². The Morgan fingerprint density at radius 2 is 1.83 bits per heavy atom. The lowest BCUT2D eigenvalue weighted by atomic mass is 9.95. The summed E-state index contributed by atoms with van der Waals surface area (Å²) >= 11 is 0. The van der Waals surface area contributed by atoms with Gasteiger partial charge in [0.2, 0.25) is 0 Å². The number of amides is 1. The molecule has 0 aliphatic rings. The molecule has 0 aromatic heterocycles. The Hall–Kier alpha value is -2.25. The summed E-state index contributed by atoms with van der Waals surface area (Å²) in [6, 6.07) is 2.52. The number of hydrogen-bond donors (Lipinski definition) is 0. The SMILES string of the molecule is CCc1ccc(OC(F)(F)F)c(CC(=O)OC)c1C(=O)N(C)CC. The van der Waals surface area contributed by atoms with Gasteiger partial charge in [-0.25, -0.2) is 0 Å². The zero-order valence-electron chi connectivity index (χ0n) is 14.0. The van der Waals surface area contributed by atoms with Crippen LogP contribution in [0.3, 0.4) is 0 Å². The molecule has 0 radical (unpaired) electrons. The monoisotopic (exact) mass is 347 g/mol. The van der Waals surface area contributed by atoms with Gasteiger partial charge in [-0.05, 0) is 25.0 Å². The molecular formula is C16H20F3NO4. The summed E-state index contributed by atoms with van der Waals surface area (Å²) in [5.74, 6) is -1.80. The fourth-order valence-corrected chi connectivity index (χ4v) is 2.19. The van der Waals surface area contributed by atoms with E-state index in [1.807, 2.05) is 0 Å². The molecule has 1 aromatic carbocycles. The zero-order valence-corrected chi connectivity index (χ0v) is 14.0. The third kappa shape index (κ3) is 4.87. The molecule has 5 nitrogen and oxygen atoms in total. The molecular weight excluding hydrogens is 327 g/mol. The van der Waals surface area contributed by atoms with Crippen molar-refractivity contribution in [2.75, 3.05) is 20.7 Å². The van der Waals surface area contributed by atoms with Crippen LogP contribution in [0.15, 0.2) is 12.1 Å². The second-order valence-electron chi connectivity index (χ2n) is 5.05. The lowest BCUT2D eigenvalue weighted by Gasteiger charge is -2.22. The van der Waals surface area contributed by atoms with Gasteiger partial charge in [0.15, 0.2) is 0 Å². The first-order valence-electron chi connectivity index (χ1n) is 7.37. The Labute approximate surface area is 138 Å². The average Bonchev–Trinajstić information content (AvgIpc) is 2.53. The van der Waals surface area contributed by atoms with Crippen LogP contribution < -0.4 is 4.74 Å². The first kappa shape index (κ1) is 19.8. The maximum atomic E-state index is 12.6. The lowest BCUT2D eigenvalue weighted by molar-refractivity contribution is -0.275. The summed E-state index contributed by atoms with van der Waals surface area (Å²) in [4.78, 5) is 25.6. The summed E-state index contributed by atoms with van der Waals surface area (Å²) < 4.78 is 46.5. The number of carbonyl (C=O) groups excluding carboxylic acids is 2. The van der Waals surface area contributed by atoms with Crippen LogP contribution in [0, 0.1) is 0 Å². The van der Waals surface area contributed by atoms with E-state index < -0.39 is 30.4 Å². The van der Waals surface area contributed by atoms with Gasteiger partial charge in [0, 0.05) is 19.2 Å². The van der Waals surface area contributed by atoms with Crippen LogP contribution in [0.5, 0.6) is 5.75 Å². The predicted octanol–water partition coefficient (Wildman–Crippen LogP) is 2.96. The van der Waals surface area contributed by atoms with Crippen molar-refractivity contribution in [3.8, 4) is 5.75 Å². The number of methoxy groups -OCH3 is 1. The van der Waals surface area contributed by atoms with Crippen molar-refractivity contribution in [1.29, 1.82) is 0 Å². The first-order chi connectivity index (χ1) is 11.1. The third-order valence-corrected chi connectivity index (χ3v) is 3.55. The summed E-state index contributed by atoms with van der Waals surface area (Å²) in [7, 11) is 2.65. The molecule has 1 amide bonds. The van der Waals surface area contributed by atoms with Gasteiger partial charge in [-0.2, -0.15) is 0 Å². The number of ether oxygens (including phenoxy) is 2. The van der Waals surface area contributed by atoms with Crippen LogP contribution in [-0.2, 0) is 22.4 Å². The summed E-state index contributed by atoms with van der Waals surface area (Å²) in [5, 5.41) is 0. The van der Waals surface area contributed by atoms with Crippen LogP contribution in [-0.4, -0.2) is 43.8 Å². The second kappa shape index (κ2) is 8.03. The largest absolute Gasteiger partial charge is 0.573 e. The van der Waals surface area contributed by atoms with E-state index in [0.717, 1.165) is 13.2 Å². The van der Waals surface area contributed by atoms with Gasteiger partial charge >= 0.3 is 12.3 Å². The smallest absolute Gasteiger partial charge is 0.469 e. The molecule has 0 unspecified atom stereocenters. The van der Waals surface area contributed by atoms with Crippen molar-refractivity contribution in [2.45, 2.75) is 33.1 Å². The van der Waals surface area contributed by atoms with E-state index >= 15 is 0 Å². The van der Waals surface area contributed by atoms with E-state index in [1.165, 1.54) is 18.0 Å². The first-order valence-corrected chi connectivity index (χ1v) is 7.37. The Kier molecular flexibility index (Phi) is 6.62. The van der Waals surface area contributed by atoms with Crippen LogP contribution in [0.25, 0.3) is 0 Å². The highest BCUT2D eigenvalue weighted by atomic mass is 19.4. The van der Waals surface area contributed by atoms with E-state index in [2.05, 4.69) is 9.47 Å². The highest BCUT2D eigenvalue weighted by Crippen LogP contribution is 2.32. The minimum Gasteiger partial charge on any atom is -0.469 e. The summed E-state index contributed by atoms with van der Waals surface area (Å²) in [6.45, 7) is 3.87. The molecule has 134 valence electrons. The summed E-state index contributed by atoms with van der Waals surface area (Å²) in [5.41, 5.74) is 0.464. The minimum absolute atomic E-state index is 0.0500. The molecule has 0 aliphatic carbocycles. The highest BCUT2D eigenvalue weighted by molar-refractivity contribution is 5.99. The van der Waals surface area contributed by atoms with Crippen molar-refractivity contribution in [3.05, 3.63) is 28.8 Å². The number of aryl methyl sites for hydroxylation is 1. The standard InChI is InChI=1S/C16H20F3NO4/c1-5-10-7-8-12(24-16(17,18)19)11(9-13(21)23-4)14(10)15(22)20(3)6-2/h7-8H,5-6,9H2,1-4H3. The van der Waals surface area contributed by atoms with Crippen molar-refractivity contribution in [3.63, 3.8) is 0 Å². The number of benzene rings is 1. The molecule has 0 bridgehead atoms. The Morgan fingerprint density at radius 1 is 1.21 bits per heavy atom. The topological polar surface area (TPSA) is 55.8 Å². The second-order valence-corrected chi connectivity index (χ2v) is 5.05. The maximum Gasteiger partial charge on any atom is 0.573 e. The van der Waals surface area contributed by atoms with Crippen LogP contribution in [0.1, 0.15) is 35.3 Å². The number of carbonyl (C=O) groups is 2. The van der Waals surface area contributed by atoms with Crippen LogP contribution >= 0.6 is 0 Å². The van der Waals surface area contributed by atoms with Crippen LogP contribution in [0.4, 0.5) is 13.2 Å². The summed E-state index contributed by atoms with van der Waals surface area (Å²) in [6.07, 6.45) is -5.01. The fourth-order valence-electron chi connectivity index (χ4n) is 2.19. The number of rotatable bonds is 6. The van der Waals surface area contributed by atoms with E-state index in [-0.39, 0.29) is 11.1 Å². The van der Waals surface area contributed by atoms with Gasteiger partial charge in [0.05, 0.1) is 19.1 Å². The van der Waals surface area contributed by atoms with Crippen molar-refractivity contribution >= 4 is 11.9 Å². The average molecular weight is 347 g/mol. The molecule has 0 saturated carbocycles. The molecule has 1 rings (SSSR count). The highest BCUT2D eigenvalue weighted by Gasteiger charge is 2.34. The quantitative estimate of drug-likeness (QED) is 0.743. The number of hydrogen-bond acceptors (Lipinski definition) is 4. The fraction of sp³-hybridized carbons (Fsp3) is 0.500. The van der Waals surface area contributed by atoms with Gasteiger partial charge in [0.25, 0.3) is 5.91 Å². The molecule has 0 atom stereocenters. The van der Waals surface area contributed by atoms with Gasteiger partial charge < -0.3 is 14.4 Å². The van der Waals surface area contributed by atoms with E-state index in [4.69, 9.17) is 0 Å². The molecule has 24 heavy (non-hydrogen) atoms. The maximum absolute atomic E-state index is 12.6. The van der Waals surface area contributed by atoms with Crippen molar-refractivity contribution < 1.29 is 32.2 Å². The minimum atomic E-state index is -4.93. The molecule has 1 aromatic rings. The molecule has 0 saturated heterocycles. The Balaban J connectivity index is 3.57. The van der Waals surface area contributed by atoms with Gasteiger partial charge in [-0.1, -0.05) is 13.0 Å². The van der Waals surface area contributed by atoms with Gasteiger partial charge in [0.1, 0.15) is 5.75 Å². The Bertz CT molecular complexity index is 614. The molecule has 8 heteroatoms. The number of halogens is 3. The third-order valence-electron chi connectivity index (χ3n) is 3.55. The molecule has 0 fully saturated rings. The number of esters is 1. The van der Waals surface area contributed by atoms with Crippen molar-refractivity contribution in [1.82, 2.24) is 4.90 Å². The zero-order chi connectivity index (χ0) is 18.5. The normalized spacial score (nSPS) is 11.1. The van der Waals surface area contributed by atoms with Gasteiger partial charge in [-0.3, -0.25) is 9.59 Å². The molecule has 0 heterocycles. The van der Waals surface area contributed by atoms with E-state index in [1.54, 1.807) is 13.8 Å². The molecule has 0 N–H and O–H groups in total. The lowest BCUT2D eigenvalue weighted by Crippen LogP contribution is -2.29. The van der Waals surface area contributed by atoms with Crippen molar-refractivity contribution in [2.24, 2.45) is 0 Å². The van der Waals surface area contributed by atoms with Crippen LogP contribution in [0.2, 0.25) is 0 Å². The molecule has 0 aliphatic heterocycles. The van der Waals surface area contributed by atoms with Gasteiger partial charge in [-0.15, -0.1) is 13.2 Å². The molecule has 0 spiro atoms. The number of nitrogens with zero attached hydrogens (tertiary/aromatic N) is 1.